The molecule has 0 aromatic carbocycles. The maximum Gasteiger partial charge on any atom is 0.319 e. The highest BCUT2D eigenvalue weighted by Gasteiger charge is 2.36. The molecule has 6 heteroatoms. The van der Waals surface area contributed by atoms with E-state index in [1.165, 1.54) is 0 Å². The SMILES string of the molecule is CN(CC1(O)CCCC1)C(=O)N1CCC(CC(=O)O)C1. The Bertz CT molecular complexity index is 379. The zero-order valence-electron chi connectivity index (χ0n) is 12.0. The summed E-state index contributed by atoms with van der Waals surface area (Å²) < 4.78 is 0. The van der Waals surface area contributed by atoms with Crippen LogP contribution in [0.2, 0.25) is 0 Å². The summed E-state index contributed by atoms with van der Waals surface area (Å²) in [5, 5.41) is 19.1. The Morgan fingerprint density at radius 1 is 1.35 bits per heavy atom. The average Bonchev–Trinajstić information content (AvgIpc) is 2.97. The average molecular weight is 284 g/mol. The lowest BCUT2D eigenvalue weighted by Crippen LogP contribution is -2.47. The van der Waals surface area contributed by atoms with Gasteiger partial charge in [-0.15, -0.1) is 0 Å². The van der Waals surface area contributed by atoms with Gasteiger partial charge >= 0.3 is 12.0 Å². The van der Waals surface area contributed by atoms with Crippen molar-refractivity contribution in [3.8, 4) is 0 Å². The summed E-state index contributed by atoms with van der Waals surface area (Å²) in [5.41, 5.74) is -0.732. The zero-order chi connectivity index (χ0) is 14.8. The predicted molar refractivity (Wildman–Crippen MR) is 73.4 cm³/mol. The zero-order valence-corrected chi connectivity index (χ0v) is 12.0. The molecule has 114 valence electrons. The van der Waals surface area contributed by atoms with Crippen LogP contribution in [0, 0.1) is 5.92 Å². The summed E-state index contributed by atoms with van der Waals surface area (Å²) >= 11 is 0. The lowest BCUT2D eigenvalue weighted by atomic mass is 10.0. The Kier molecular flexibility index (Phi) is 4.52. The van der Waals surface area contributed by atoms with Crippen molar-refractivity contribution in [2.45, 2.75) is 44.1 Å². The van der Waals surface area contributed by atoms with Gasteiger partial charge in [-0.1, -0.05) is 12.8 Å². The largest absolute Gasteiger partial charge is 0.481 e. The van der Waals surface area contributed by atoms with Crippen LogP contribution in [0.1, 0.15) is 38.5 Å². The second kappa shape index (κ2) is 5.99. The van der Waals surface area contributed by atoms with Crippen molar-refractivity contribution in [1.82, 2.24) is 9.80 Å². The van der Waals surface area contributed by atoms with Crippen LogP contribution in [0.15, 0.2) is 0 Å². The summed E-state index contributed by atoms with van der Waals surface area (Å²) in [4.78, 5) is 26.3. The van der Waals surface area contributed by atoms with Crippen molar-refractivity contribution in [1.29, 1.82) is 0 Å². The molecule has 6 nitrogen and oxygen atoms in total. The Labute approximate surface area is 119 Å². The van der Waals surface area contributed by atoms with Gasteiger partial charge in [0.25, 0.3) is 0 Å². The molecular formula is C14H24N2O4. The van der Waals surface area contributed by atoms with Gasteiger partial charge in [0.05, 0.1) is 12.1 Å². The number of carbonyl (C=O) groups is 2. The van der Waals surface area contributed by atoms with Crippen LogP contribution in [0.3, 0.4) is 0 Å². The molecule has 2 fully saturated rings. The number of likely N-dealkylation sites (N-methyl/N-ethyl adjacent to an activating group) is 1. The fourth-order valence-electron chi connectivity index (χ4n) is 3.36. The highest BCUT2D eigenvalue weighted by atomic mass is 16.4. The number of nitrogens with zero attached hydrogens (tertiary/aromatic N) is 2. The van der Waals surface area contributed by atoms with E-state index in [9.17, 15) is 14.7 Å². The normalized spacial score (nSPS) is 24.9. The highest BCUT2D eigenvalue weighted by Crippen LogP contribution is 2.30. The molecule has 0 aromatic rings. The van der Waals surface area contributed by atoms with Crippen molar-refractivity contribution in [3.63, 3.8) is 0 Å². The minimum absolute atomic E-state index is 0.0550. The maximum atomic E-state index is 12.3. The molecule has 2 rings (SSSR count). The van der Waals surface area contributed by atoms with Crippen LogP contribution in [0.25, 0.3) is 0 Å². The standard InChI is InChI=1S/C14H24N2O4/c1-15(10-14(20)5-2-3-6-14)13(19)16-7-4-11(9-16)8-12(17)18/h11,20H,2-10H2,1H3,(H,17,18). The van der Waals surface area contributed by atoms with Crippen LogP contribution < -0.4 is 0 Å². The van der Waals surface area contributed by atoms with Gasteiger partial charge in [0.2, 0.25) is 0 Å². The van der Waals surface area contributed by atoms with Crippen LogP contribution in [-0.2, 0) is 4.79 Å². The topological polar surface area (TPSA) is 81.1 Å². The molecule has 1 unspecified atom stereocenters. The number of carbonyl (C=O) groups excluding carboxylic acids is 1. The first-order valence-corrected chi connectivity index (χ1v) is 7.34. The first kappa shape index (κ1) is 15.1. The number of hydrogen-bond donors (Lipinski definition) is 2. The van der Waals surface area contributed by atoms with Gasteiger partial charge < -0.3 is 20.0 Å². The van der Waals surface area contributed by atoms with E-state index in [1.54, 1.807) is 16.8 Å². The summed E-state index contributed by atoms with van der Waals surface area (Å²) in [6, 6.07) is -0.0989. The first-order chi connectivity index (χ1) is 9.39. The summed E-state index contributed by atoms with van der Waals surface area (Å²) in [5.74, 6) is -0.752. The van der Waals surface area contributed by atoms with Crippen molar-refractivity contribution < 1.29 is 19.8 Å². The van der Waals surface area contributed by atoms with Gasteiger partial charge in [0.1, 0.15) is 0 Å². The molecule has 1 heterocycles. The second-order valence-electron chi connectivity index (χ2n) is 6.27. The predicted octanol–water partition coefficient (Wildman–Crippen LogP) is 1.14. The van der Waals surface area contributed by atoms with Crippen molar-refractivity contribution in [3.05, 3.63) is 0 Å². The van der Waals surface area contributed by atoms with E-state index in [-0.39, 0.29) is 18.4 Å². The molecule has 1 atom stereocenters. The van der Waals surface area contributed by atoms with Gasteiger partial charge in [0, 0.05) is 26.6 Å². The molecular weight excluding hydrogens is 260 g/mol. The number of aliphatic hydroxyl groups is 1. The molecule has 2 N–H and O–H groups in total. The number of aliphatic carboxylic acids is 1. The molecule has 0 spiro atoms. The Morgan fingerprint density at radius 2 is 2.00 bits per heavy atom. The minimum atomic E-state index is -0.807. The van der Waals surface area contributed by atoms with Crippen LogP contribution in [-0.4, -0.2) is 64.3 Å². The highest BCUT2D eigenvalue weighted by molar-refractivity contribution is 5.75. The third kappa shape index (κ3) is 3.62. The van der Waals surface area contributed by atoms with Gasteiger partial charge in [-0.05, 0) is 25.2 Å². The molecule has 0 radical (unpaired) electrons. The van der Waals surface area contributed by atoms with E-state index in [0.717, 1.165) is 32.1 Å². The molecule has 2 aliphatic rings. The number of hydrogen-bond acceptors (Lipinski definition) is 3. The summed E-state index contributed by atoms with van der Waals surface area (Å²) in [7, 11) is 1.71. The maximum absolute atomic E-state index is 12.3. The fraction of sp³-hybridized carbons (Fsp3) is 0.857. The molecule has 2 amide bonds. The Morgan fingerprint density at radius 3 is 2.60 bits per heavy atom. The molecule has 1 aliphatic heterocycles. The number of amides is 2. The van der Waals surface area contributed by atoms with E-state index in [0.29, 0.717) is 19.6 Å². The Hall–Kier alpha value is -1.30. The lowest BCUT2D eigenvalue weighted by molar-refractivity contribution is -0.138. The molecule has 0 aromatic heterocycles. The minimum Gasteiger partial charge on any atom is -0.481 e. The van der Waals surface area contributed by atoms with E-state index in [4.69, 9.17) is 5.11 Å². The Balaban J connectivity index is 1.83. The fourth-order valence-corrected chi connectivity index (χ4v) is 3.36. The van der Waals surface area contributed by atoms with Crippen molar-refractivity contribution in [2.24, 2.45) is 5.92 Å². The molecule has 0 bridgehead atoms. The summed E-state index contributed by atoms with van der Waals surface area (Å²) in [6.07, 6.45) is 4.41. The quantitative estimate of drug-likeness (QED) is 0.811. The van der Waals surface area contributed by atoms with Crippen LogP contribution in [0.4, 0.5) is 4.79 Å². The van der Waals surface area contributed by atoms with E-state index >= 15 is 0 Å². The van der Waals surface area contributed by atoms with Crippen LogP contribution in [0.5, 0.6) is 0 Å². The van der Waals surface area contributed by atoms with E-state index < -0.39 is 11.6 Å². The monoisotopic (exact) mass is 284 g/mol. The van der Waals surface area contributed by atoms with Crippen molar-refractivity contribution in [2.75, 3.05) is 26.7 Å². The third-order valence-electron chi connectivity index (χ3n) is 4.41. The van der Waals surface area contributed by atoms with Crippen molar-refractivity contribution >= 4 is 12.0 Å². The number of urea groups is 1. The number of likely N-dealkylation sites (tertiary alicyclic amines) is 1. The smallest absolute Gasteiger partial charge is 0.319 e. The van der Waals surface area contributed by atoms with Gasteiger partial charge in [-0.25, -0.2) is 4.79 Å². The number of rotatable bonds is 4. The first-order valence-electron chi connectivity index (χ1n) is 7.34. The summed E-state index contributed by atoms with van der Waals surface area (Å²) in [6.45, 7) is 1.49. The number of carboxylic acids is 1. The van der Waals surface area contributed by atoms with E-state index in [2.05, 4.69) is 0 Å². The lowest BCUT2D eigenvalue weighted by Gasteiger charge is -2.31. The van der Waals surface area contributed by atoms with Gasteiger partial charge in [0.15, 0.2) is 0 Å². The van der Waals surface area contributed by atoms with Gasteiger partial charge in [-0.3, -0.25) is 4.79 Å². The van der Waals surface area contributed by atoms with E-state index in [1.807, 2.05) is 0 Å². The molecule has 20 heavy (non-hydrogen) atoms. The third-order valence-corrected chi connectivity index (χ3v) is 4.41. The molecule has 1 saturated carbocycles. The van der Waals surface area contributed by atoms with Gasteiger partial charge in [-0.2, -0.15) is 0 Å². The number of carboxylic acid groups (broad SMARTS) is 1. The second-order valence-corrected chi connectivity index (χ2v) is 6.27. The van der Waals surface area contributed by atoms with Crippen LogP contribution >= 0.6 is 0 Å². The molecule has 1 aliphatic carbocycles. The molecule has 1 saturated heterocycles.